The SMILES string of the molecule is CN(C)c1nc(NCc2ccccc2)nc(N/N=C\c2ccc(Br)c([N+](=O)[O-])c2)n1. The molecule has 30 heavy (non-hydrogen) atoms. The Labute approximate surface area is 181 Å². The average molecular weight is 471 g/mol. The van der Waals surface area contributed by atoms with Gasteiger partial charge in [-0.1, -0.05) is 36.4 Å². The van der Waals surface area contributed by atoms with E-state index in [-0.39, 0.29) is 11.6 Å². The van der Waals surface area contributed by atoms with E-state index in [2.05, 4.69) is 46.7 Å². The number of nitro groups is 1. The molecule has 0 amide bonds. The number of hydrogen-bond donors (Lipinski definition) is 2. The lowest BCUT2D eigenvalue weighted by Gasteiger charge is -2.13. The summed E-state index contributed by atoms with van der Waals surface area (Å²) in [4.78, 5) is 25.3. The second-order valence-corrected chi connectivity index (χ2v) is 7.21. The maximum absolute atomic E-state index is 11.0. The van der Waals surface area contributed by atoms with Crippen LogP contribution in [0.4, 0.5) is 23.5 Å². The van der Waals surface area contributed by atoms with Gasteiger partial charge in [0.25, 0.3) is 5.69 Å². The summed E-state index contributed by atoms with van der Waals surface area (Å²) in [6.07, 6.45) is 1.45. The summed E-state index contributed by atoms with van der Waals surface area (Å²) in [6, 6.07) is 14.6. The Bertz CT molecular complexity index is 1060. The van der Waals surface area contributed by atoms with E-state index in [0.29, 0.717) is 28.5 Å². The molecule has 11 heteroatoms. The molecule has 0 spiro atoms. The van der Waals surface area contributed by atoms with Gasteiger partial charge in [-0.05, 0) is 27.6 Å². The van der Waals surface area contributed by atoms with E-state index in [0.717, 1.165) is 5.56 Å². The molecule has 0 aliphatic heterocycles. The first-order chi connectivity index (χ1) is 14.4. The summed E-state index contributed by atoms with van der Waals surface area (Å²) in [5, 5.41) is 18.3. The van der Waals surface area contributed by atoms with E-state index in [1.165, 1.54) is 12.3 Å². The van der Waals surface area contributed by atoms with Gasteiger partial charge in [0.1, 0.15) is 0 Å². The molecule has 0 atom stereocenters. The molecule has 0 saturated carbocycles. The molecule has 0 aliphatic carbocycles. The molecule has 3 rings (SSSR count). The van der Waals surface area contributed by atoms with Gasteiger partial charge >= 0.3 is 0 Å². The summed E-state index contributed by atoms with van der Waals surface area (Å²) in [5.41, 5.74) is 4.36. The number of anilines is 3. The van der Waals surface area contributed by atoms with Gasteiger partial charge in [0.2, 0.25) is 17.8 Å². The number of hydrazone groups is 1. The number of nitro benzene ring substituents is 1. The average Bonchev–Trinajstić information content (AvgIpc) is 2.74. The Hall–Kier alpha value is -3.60. The van der Waals surface area contributed by atoms with Crippen molar-refractivity contribution >= 4 is 45.7 Å². The number of hydrogen-bond acceptors (Lipinski definition) is 9. The van der Waals surface area contributed by atoms with Crippen molar-refractivity contribution in [3.63, 3.8) is 0 Å². The van der Waals surface area contributed by atoms with Gasteiger partial charge in [-0.3, -0.25) is 10.1 Å². The maximum atomic E-state index is 11.0. The molecule has 1 heterocycles. The molecule has 0 aliphatic rings. The third-order valence-corrected chi connectivity index (χ3v) is 4.53. The Morgan fingerprint density at radius 2 is 1.87 bits per heavy atom. The molecule has 3 aromatic rings. The molecule has 0 bridgehead atoms. The molecule has 10 nitrogen and oxygen atoms in total. The van der Waals surface area contributed by atoms with E-state index in [9.17, 15) is 10.1 Å². The van der Waals surface area contributed by atoms with Crippen molar-refractivity contribution in [3.8, 4) is 0 Å². The van der Waals surface area contributed by atoms with Crippen molar-refractivity contribution < 1.29 is 4.92 Å². The molecule has 154 valence electrons. The minimum atomic E-state index is -0.463. The van der Waals surface area contributed by atoms with Crippen molar-refractivity contribution in [3.05, 3.63) is 74.2 Å². The van der Waals surface area contributed by atoms with Crippen LogP contribution in [0.3, 0.4) is 0 Å². The molecule has 0 radical (unpaired) electrons. The number of halogens is 1. The predicted octanol–water partition coefficient (Wildman–Crippen LogP) is 3.67. The normalized spacial score (nSPS) is 10.8. The fourth-order valence-electron chi connectivity index (χ4n) is 2.39. The molecule has 0 saturated heterocycles. The Morgan fingerprint density at radius 1 is 1.13 bits per heavy atom. The van der Waals surface area contributed by atoms with E-state index >= 15 is 0 Å². The zero-order chi connectivity index (χ0) is 21.5. The minimum absolute atomic E-state index is 0.0404. The number of rotatable bonds is 8. The van der Waals surface area contributed by atoms with Crippen molar-refractivity contribution in [2.75, 3.05) is 29.7 Å². The van der Waals surface area contributed by atoms with Crippen LogP contribution in [0.1, 0.15) is 11.1 Å². The zero-order valence-electron chi connectivity index (χ0n) is 16.3. The standard InChI is InChI=1S/C19H19BrN8O2/c1-27(2)19-24-17(21-11-13-6-4-3-5-7-13)23-18(25-19)26-22-12-14-8-9-15(20)16(10-14)28(29)30/h3-10,12H,11H2,1-2H3,(H2,21,23,24,25,26)/b22-12-. The van der Waals surface area contributed by atoms with Gasteiger partial charge in [-0.15, -0.1) is 0 Å². The zero-order valence-corrected chi connectivity index (χ0v) is 17.9. The van der Waals surface area contributed by atoms with Gasteiger partial charge in [-0.25, -0.2) is 5.43 Å². The van der Waals surface area contributed by atoms with Crippen LogP contribution in [0.2, 0.25) is 0 Å². The van der Waals surface area contributed by atoms with E-state index in [1.54, 1.807) is 17.0 Å². The van der Waals surface area contributed by atoms with Crippen LogP contribution in [0.15, 0.2) is 58.1 Å². The largest absolute Gasteiger partial charge is 0.350 e. The lowest BCUT2D eigenvalue weighted by atomic mass is 10.2. The van der Waals surface area contributed by atoms with Crippen LogP contribution in [0.5, 0.6) is 0 Å². The van der Waals surface area contributed by atoms with Crippen molar-refractivity contribution in [2.24, 2.45) is 5.10 Å². The van der Waals surface area contributed by atoms with Crippen LogP contribution in [0, 0.1) is 10.1 Å². The highest BCUT2D eigenvalue weighted by atomic mass is 79.9. The van der Waals surface area contributed by atoms with Crippen LogP contribution in [0.25, 0.3) is 0 Å². The van der Waals surface area contributed by atoms with E-state index in [4.69, 9.17) is 0 Å². The highest BCUT2D eigenvalue weighted by Crippen LogP contribution is 2.25. The van der Waals surface area contributed by atoms with Gasteiger partial charge in [0.15, 0.2) is 0 Å². The van der Waals surface area contributed by atoms with Crippen molar-refractivity contribution in [1.82, 2.24) is 15.0 Å². The van der Waals surface area contributed by atoms with Gasteiger partial charge < -0.3 is 10.2 Å². The number of aromatic nitrogens is 3. The monoisotopic (exact) mass is 470 g/mol. The lowest BCUT2D eigenvalue weighted by molar-refractivity contribution is -0.385. The summed E-state index contributed by atoms with van der Waals surface area (Å²) in [7, 11) is 3.65. The van der Waals surface area contributed by atoms with E-state index in [1.807, 2.05) is 44.4 Å². The second kappa shape index (κ2) is 9.74. The summed E-state index contributed by atoms with van der Waals surface area (Å²) in [6.45, 7) is 0.559. The van der Waals surface area contributed by atoms with Gasteiger partial charge in [-0.2, -0.15) is 20.1 Å². The second-order valence-electron chi connectivity index (χ2n) is 6.35. The molecule has 1 aromatic heterocycles. The number of nitrogens with zero attached hydrogens (tertiary/aromatic N) is 6. The first-order valence-corrected chi connectivity index (χ1v) is 9.66. The maximum Gasteiger partial charge on any atom is 0.284 e. The van der Waals surface area contributed by atoms with Crippen LogP contribution < -0.4 is 15.6 Å². The highest BCUT2D eigenvalue weighted by Gasteiger charge is 2.12. The molecule has 0 unspecified atom stereocenters. The highest BCUT2D eigenvalue weighted by molar-refractivity contribution is 9.10. The minimum Gasteiger partial charge on any atom is -0.350 e. The fraction of sp³-hybridized carbons (Fsp3) is 0.158. The third kappa shape index (κ3) is 5.70. The third-order valence-electron chi connectivity index (χ3n) is 3.86. The first kappa shape index (κ1) is 21.1. The van der Waals surface area contributed by atoms with Gasteiger partial charge in [0.05, 0.1) is 15.6 Å². The lowest BCUT2D eigenvalue weighted by Crippen LogP contribution is -2.16. The fourth-order valence-corrected chi connectivity index (χ4v) is 2.78. The summed E-state index contributed by atoms with van der Waals surface area (Å²) < 4.78 is 0.403. The predicted molar refractivity (Wildman–Crippen MR) is 120 cm³/mol. The topological polar surface area (TPSA) is 121 Å². The Balaban J connectivity index is 1.74. The Kier molecular flexibility index (Phi) is 6.86. The molecule has 2 aromatic carbocycles. The Morgan fingerprint density at radius 3 is 2.57 bits per heavy atom. The number of nitrogens with one attached hydrogen (secondary N) is 2. The number of benzene rings is 2. The van der Waals surface area contributed by atoms with Crippen LogP contribution in [-0.4, -0.2) is 40.2 Å². The first-order valence-electron chi connectivity index (χ1n) is 8.86. The summed E-state index contributed by atoms with van der Waals surface area (Å²) >= 11 is 3.16. The van der Waals surface area contributed by atoms with Crippen molar-refractivity contribution in [1.29, 1.82) is 0 Å². The van der Waals surface area contributed by atoms with Crippen molar-refractivity contribution in [2.45, 2.75) is 6.54 Å². The van der Waals surface area contributed by atoms with Gasteiger partial charge in [0, 0.05) is 32.3 Å². The molecule has 2 N–H and O–H groups in total. The summed E-state index contributed by atoms with van der Waals surface area (Å²) in [5.74, 6) is 1.10. The van der Waals surface area contributed by atoms with E-state index < -0.39 is 4.92 Å². The molecule has 0 fully saturated rings. The molecular formula is C19H19BrN8O2. The quantitative estimate of drug-likeness (QED) is 0.290. The smallest absolute Gasteiger partial charge is 0.284 e. The molecular weight excluding hydrogens is 452 g/mol. The van der Waals surface area contributed by atoms with Crippen LogP contribution >= 0.6 is 15.9 Å². The van der Waals surface area contributed by atoms with Crippen LogP contribution in [-0.2, 0) is 6.54 Å².